The molecule has 0 unspecified atom stereocenters. The van der Waals surface area contributed by atoms with E-state index in [1.165, 1.54) is 0 Å². The molecule has 0 heterocycles. The molecule has 0 fully saturated rings. The average Bonchev–Trinajstić information content (AvgIpc) is 2.82. The summed E-state index contributed by atoms with van der Waals surface area (Å²) in [5.41, 5.74) is 0. The van der Waals surface area contributed by atoms with Crippen molar-refractivity contribution in [2.75, 3.05) is 26.9 Å². The average molecular weight is 814 g/mol. The van der Waals surface area contributed by atoms with Gasteiger partial charge in [-0.1, -0.05) is 0 Å². The molecule has 0 radical (unpaired) electrons. The first kappa shape index (κ1) is 53.9. The maximum atomic E-state index is 11.3. The summed E-state index contributed by atoms with van der Waals surface area (Å²) in [7, 11) is 1.67. The Morgan fingerprint density at radius 1 is 0.426 bits per heavy atom. The smallest absolute Gasteiger partial charge is 0.382 e. The number of ketones is 6. The molecule has 0 aliphatic carbocycles. The summed E-state index contributed by atoms with van der Waals surface area (Å²) in [6.45, 7) is 4.17. The molecule has 47 heavy (non-hydrogen) atoms. The van der Waals surface area contributed by atoms with Gasteiger partial charge in [0.05, 0.1) is 13.2 Å². The van der Waals surface area contributed by atoms with E-state index in [1.54, 1.807) is 7.11 Å². The predicted molar refractivity (Wildman–Crippen MR) is 108 cm³/mol. The zero-order chi connectivity index (χ0) is 38.1. The Bertz CT molecular complexity index is 811. The Hall–Kier alpha value is -2.61. The molecular formula is C20H15F18O8Y. The first-order valence-electron chi connectivity index (χ1n) is 10.3. The third-order valence-electron chi connectivity index (χ3n) is 3.10. The van der Waals surface area contributed by atoms with Gasteiger partial charge in [-0.25, -0.2) is 19.3 Å². The zero-order valence-corrected chi connectivity index (χ0v) is 25.3. The number of carbonyl (C=O) groups is 6. The molecule has 8 nitrogen and oxygen atoms in total. The number of carbonyl (C=O) groups excluding carboxylic acids is 6. The minimum atomic E-state index is -5.46. The van der Waals surface area contributed by atoms with E-state index >= 15 is 0 Å². The van der Waals surface area contributed by atoms with E-state index in [2.05, 4.69) is 0 Å². The van der Waals surface area contributed by atoms with Crippen LogP contribution in [0.15, 0.2) is 0 Å². The first-order valence-corrected chi connectivity index (χ1v) is 10.3. The van der Waals surface area contributed by atoms with Crippen molar-refractivity contribution in [2.24, 2.45) is 0 Å². The van der Waals surface area contributed by atoms with Gasteiger partial charge in [0.2, 0.25) is 0 Å². The molecule has 0 aromatic carbocycles. The van der Waals surface area contributed by atoms with E-state index in [9.17, 15) is 108 Å². The molecule has 0 atom stereocenters. The molecule has 0 aliphatic heterocycles. The second-order valence-corrected chi connectivity index (χ2v) is 6.79. The fourth-order valence-electron chi connectivity index (χ4n) is 1.13. The van der Waals surface area contributed by atoms with E-state index < -0.39 is 91.0 Å². The molecular weight excluding hydrogens is 799 g/mol. The van der Waals surface area contributed by atoms with Gasteiger partial charge in [0, 0.05) is 13.7 Å². The molecule has 0 rings (SSSR count). The summed E-state index contributed by atoms with van der Waals surface area (Å²) < 4.78 is 213. The summed E-state index contributed by atoms with van der Waals surface area (Å²) in [5, 5.41) is 0. The second kappa shape index (κ2) is 22.1. The van der Waals surface area contributed by atoms with Crippen LogP contribution in [0.25, 0.3) is 0 Å². The van der Waals surface area contributed by atoms with Crippen molar-refractivity contribution in [3.8, 4) is 0 Å². The standard InChI is InChI=1S/3C5HF6O2.C5H12O2.Y/c3*6-4(7,8)2(12)1-3(13)5(9,10)11;1-3-7-5-4-6-2;/h3*1H;3-5H2,1-2H3;/q3*-1;;+3. The third kappa shape index (κ3) is 30.5. The second-order valence-electron chi connectivity index (χ2n) is 6.79. The molecule has 0 bridgehead atoms. The molecule has 0 aromatic heterocycles. The van der Waals surface area contributed by atoms with Crippen molar-refractivity contribution in [1.29, 1.82) is 0 Å². The number of hydrogen-bond donors (Lipinski definition) is 0. The number of halogens is 18. The topological polar surface area (TPSA) is 121 Å². The monoisotopic (exact) mass is 814 g/mol. The molecule has 27 heteroatoms. The molecule has 0 aliphatic rings. The van der Waals surface area contributed by atoms with Crippen LogP contribution in [0, 0.1) is 19.3 Å². The number of ether oxygens (including phenoxy) is 2. The van der Waals surface area contributed by atoms with Crippen molar-refractivity contribution in [1.82, 2.24) is 0 Å². The number of methoxy groups -OCH3 is 1. The van der Waals surface area contributed by atoms with Crippen LogP contribution < -0.4 is 0 Å². The Balaban J connectivity index is -0.000000169. The van der Waals surface area contributed by atoms with Gasteiger partial charge in [-0.2, -0.15) is 79.0 Å². The van der Waals surface area contributed by atoms with Gasteiger partial charge in [-0.3, -0.25) is 0 Å². The molecule has 0 spiro atoms. The molecule has 0 amide bonds. The Morgan fingerprint density at radius 2 is 0.596 bits per heavy atom. The fraction of sp³-hybridized carbons (Fsp3) is 0.550. The van der Waals surface area contributed by atoms with Gasteiger partial charge < -0.3 is 38.2 Å². The van der Waals surface area contributed by atoms with Gasteiger partial charge in [0.25, 0.3) is 0 Å². The van der Waals surface area contributed by atoms with E-state index in [0.29, 0.717) is 13.2 Å². The van der Waals surface area contributed by atoms with E-state index in [-0.39, 0.29) is 32.7 Å². The molecule has 0 saturated heterocycles. The Morgan fingerprint density at radius 3 is 0.702 bits per heavy atom. The van der Waals surface area contributed by atoms with Crippen molar-refractivity contribution < 1.29 is 150 Å². The van der Waals surface area contributed by atoms with Crippen LogP contribution in [0.3, 0.4) is 0 Å². The van der Waals surface area contributed by atoms with E-state index in [0.717, 1.165) is 6.61 Å². The van der Waals surface area contributed by atoms with E-state index in [4.69, 9.17) is 9.47 Å². The fourth-order valence-corrected chi connectivity index (χ4v) is 1.13. The van der Waals surface area contributed by atoms with Crippen molar-refractivity contribution in [3.05, 3.63) is 19.3 Å². The first-order chi connectivity index (χ1) is 20.1. The molecule has 272 valence electrons. The largest absolute Gasteiger partial charge is 3.00 e. The van der Waals surface area contributed by atoms with Gasteiger partial charge >= 0.3 is 69.8 Å². The minimum Gasteiger partial charge on any atom is -0.382 e. The molecule has 0 saturated carbocycles. The summed E-state index contributed by atoms with van der Waals surface area (Å²) >= 11 is 0. The van der Waals surface area contributed by atoms with E-state index in [1.807, 2.05) is 6.92 Å². The molecule has 0 N–H and O–H groups in total. The van der Waals surface area contributed by atoms with Crippen LogP contribution in [0.5, 0.6) is 0 Å². The van der Waals surface area contributed by atoms with Crippen LogP contribution in [-0.2, 0) is 71.0 Å². The Kier molecular flexibility index (Phi) is 25.3. The minimum absolute atomic E-state index is 0. The van der Waals surface area contributed by atoms with Crippen molar-refractivity contribution >= 4 is 34.7 Å². The summed E-state index contributed by atoms with van der Waals surface area (Å²) in [4.78, 5) is 58.9. The third-order valence-corrected chi connectivity index (χ3v) is 3.10. The summed E-state index contributed by atoms with van der Waals surface area (Å²) in [6, 6.07) is 0. The van der Waals surface area contributed by atoms with Crippen LogP contribution in [0.4, 0.5) is 79.0 Å². The number of rotatable bonds is 10. The summed E-state index contributed by atoms with van der Waals surface area (Å²) in [6.07, 6.45) is -35.8. The maximum Gasteiger partial charge on any atom is 3.00 e. The van der Waals surface area contributed by atoms with Crippen molar-refractivity contribution in [3.63, 3.8) is 0 Å². The number of Topliss-reactive ketones (excluding diaryl/α,β-unsaturated/α-hetero) is 6. The SMILES string of the molecule is CCOCCOC.O=C([CH-]C(=O)C(F)(F)F)C(F)(F)F.O=C([CH-]C(=O)C(F)(F)F)C(F)(F)F.O=C([CH-]C(=O)C(F)(F)F)C(F)(F)F.[Y+3]. The van der Waals surface area contributed by atoms with Gasteiger partial charge in [-0.15, -0.1) is 0 Å². The van der Waals surface area contributed by atoms with Gasteiger partial charge in [0.15, 0.2) is 0 Å². The summed E-state index contributed by atoms with van der Waals surface area (Å²) in [5.74, 6) is -16.9. The van der Waals surface area contributed by atoms with Gasteiger partial charge in [-0.05, 0) is 6.92 Å². The van der Waals surface area contributed by atoms with Crippen LogP contribution in [-0.4, -0.2) is 98.7 Å². The van der Waals surface area contributed by atoms with Crippen molar-refractivity contribution in [2.45, 2.75) is 44.0 Å². The quantitative estimate of drug-likeness (QED) is 0.131. The maximum absolute atomic E-state index is 11.3. The van der Waals surface area contributed by atoms with Crippen LogP contribution in [0.2, 0.25) is 0 Å². The van der Waals surface area contributed by atoms with Crippen LogP contribution in [0.1, 0.15) is 6.92 Å². The normalized spacial score (nSPS) is 11.7. The van der Waals surface area contributed by atoms with Crippen LogP contribution >= 0.6 is 0 Å². The number of hydrogen-bond acceptors (Lipinski definition) is 8. The predicted octanol–water partition coefficient (Wildman–Crippen LogP) is 5.03. The molecule has 0 aromatic rings. The van der Waals surface area contributed by atoms with Gasteiger partial charge in [0.1, 0.15) is 34.7 Å². The Labute approximate surface area is 274 Å². The zero-order valence-electron chi connectivity index (χ0n) is 22.5. The number of alkyl halides is 18.